The number of carbonyl (C=O) groups excluding carboxylic acids is 2. The minimum atomic E-state index is -0.984. The van der Waals surface area contributed by atoms with Gasteiger partial charge in [-0.3, -0.25) is 9.59 Å². The van der Waals surface area contributed by atoms with Crippen molar-refractivity contribution in [2.45, 2.75) is 19.3 Å². The number of aliphatic hydroxyl groups excluding tert-OH is 1. The fourth-order valence-electron chi connectivity index (χ4n) is 3.07. The van der Waals surface area contributed by atoms with Gasteiger partial charge in [-0.15, -0.1) is 11.3 Å². The van der Waals surface area contributed by atoms with Crippen LogP contribution >= 0.6 is 22.9 Å². The molecular weight excluding hydrogens is 362 g/mol. The largest absolute Gasteiger partial charge is 0.372 e. The van der Waals surface area contributed by atoms with Gasteiger partial charge in [0.15, 0.2) is 0 Å². The second-order valence-electron chi connectivity index (χ2n) is 5.95. The molecule has 0 saturated carbocycles. The van der Waals surface area contributed by atoms with Crippen LogP contribution in [-0.2, 0) is 13.1 Å². The number of thiophene rings is 1. The van der Waals surface area contributed by atoms with Crippen LogP contribution < -0.4 is 5.73 Å². The minimum Gasteiger partial charge on any atom is -0.372 e. The Hall–Kier alpha value is -2.35. The zero-order valence-electron chi connectivity index (χ0n) is 13.0. The number of amides is 2. The molecule has 3 aromatic rings. The van der Waals surface area contributed by atoms with Crippen LogP contribution in [0.4, 0.5) is 0 Å². The van der Waals surface area contributed by atoms with E-state index < -0.39 is 12.1 Å². The molecule has 2 aromatic heterocycles. The maximum absolute atomic E-state index is 12.8. The number of benzene rings is 1. The molecule has 0 radical (unpaired) electrons. The van der Waals surface area contributed by atoms with Gasteiger partial charge in [0.05, 0.1) is 18.7 Å². The quantitative estimate of drug-likeness (QED) is 0.736. The van der Waals surface area contributed by atoms with Gasteiger partial charge < -0.3 is 20.3 Å². The minimum absolute atomic E-state index is 0.192. The number of hydrogen-bond donors (Lipinski definition) is 2. The van der Waals surface area contributed by atoms with Gasteiger partial charge in [0, 0.05) is 15.9 Å². The Balaban J connectivity index is 1.69. The predicted octanol–water partition coefficient (Wildman–Crippen LogP) is 2.43. The van der Waals surface area contributed by atoms with Crippen LogP contribution in [0, 0.1) is 0 Å². The number of fused-ring (bicyclic) bond motifs is 2. The number of primary amides is 1. The Morgan fingerprint density at radius 2 is 2.20 bits per heavy atom. The molecule has 4 rings (SSSR count). The third-order valence-corrected chi connectivity index (χ3v) is 5.58. The maximum Gasteiger partial charge on any atom is 0.272 e. The fraction of sp³-hybridized carbons (Fsp3) is 0.176. The SMILES string of the molecule is NC(=O)c1cc2n(c1)CC(O)N(Cc1csc3ccc(Cl)cc13)C2=O. The Morgan fingerprint density at radius 3 is 2.96 bits per heavy atom. The average Bonchev–Trinajstić information content (AvgIpc) is 3.15. The van der Waals surface area contributed by atoms with Crippen molar-refractivity contribution >= 4 is 44.8 Å². The Labute approximate surface area is 152 Å². The molecule has 8 heteroatoms. The number of rotatable bonds is 3. The van der Waals surface area contributed by atoms with Crippen molar-refractivity contribution in [2.24, 2.45) is 5.73 Å². The zero-order valence-corrected chi connectivity index (χ0v) is 14.5. The van der Waals surface area contributed by atoms with E-state index in [-0.39, 0.29) is 24.6 Å². The first-order valence-corrected chi connectivity index (χ1v) is 8.84. The number of nitrogens with zero attached hydrogens (tertiary/aromatic N) is 2. The van der Waals surface area contributed by atoms with Crippen molar-refractivity contribution in [1.29, 1.82) is 0 Å². The lowest BCUT2D eigenvalue weighted by atomic mass is 10.1. The molecule has 25 heavy (non-hydrogen) atoms. The molecule has 1 aliphatic rings. The molecule has 1 aliphatic heterocycles. The van der Waals surface area contributed by atoms with Crippen LogP contribution in [0.3, 0.4) is 0 Å². The monoisotopic (exact) mass is 375 g/mol. The summed E-state index contributed by atoms with van der Waals surface area (Å²) in [5.41, 5.74) is 6.80. The van der Waals surface area contributed by atoms with Crippen molar-refractivity contribution < 1.29 is 14.7 Å². The number of carbonyl (C=O) groups is 2. The van der Waals surface area contributed by atoms with Gasteiger partial charge in [-0.1, -0.05) is 11.6 Å². The van der Waals surface area contributed by atoms with Gasteiger partial charge in [0.2, 0.25) is 5.91 Å². The Morgan fingerprint density at radius 1 is 1.40 bits per heavy atom. The molecule has 0 aliphatic carbocycles. The van der Waals surface area contributed by atoms with Crippen molar-refractivity contribution in [3.8, 4) is 0 Å². The molecule has 0 spiro atoms. The van der Waals surface area contributed by atoms with Crippen molar-refractivity contribution in [1.82, 2.24) is 9.47 Å². The smallest absolute Gasteiger partial charge is 0.272 e. The first-order valence-electron chi connectivity index (χ1n) is 7.58. The summed E-state index contributed by atoms with van der Waals surface area (Å²) in [6.45, 7) is 0.453. The lowest BCUT2D eigenvalue weighted by Gasteiger charge is -2.33. The van der Waals surface area contributed by atoms with E-state index >= 15 is 0 Å². The molecule has 0 fully saturated rings. The number of aromatic nitrogens is 1. The normalized spacial score (nSPS) is 17.1. The van der Waals surface area contributed by atoms with Crippen LogP contribution in [0.1, 0.15) is 26.4 Å². The standard InChI is InChI=1S/C17H14ClN3O3S/c18-11-1-2-14-12(4-11)10(8-25-14)6-21-15(22)7-20-5-9(16(19)23)3-13(20)17(21)24/h1-5,8,15,22H,6-7H2,(H2,19,23). The van der Waals surface area contributed by atoms with Gasteiger partial charge in [-0.05, 0) is 40.6 Å². The van der Waals surface area contributed by atoms with E-state index in [4.69, 9.17) is 17.3 Å². The van der Waals surface area contributed by atoms with Crippen LogP contribution in [0.5, 0.6) is 0 Å². The van der Waals surface area contributed by atoms with Crippen molar-refractivity contribution in [2.75, 3.05) is 0 Å². The summed E-state index contributed by atoms with van der Waals surface area (Å²) < 4.78 is 2.63. The maximum atomic E-state index is 12.8. The molecule has 1 aromatic carbocycles. The van der Waals surface area contributed by atoms with Gasteiger partial charge in [-0.2, -0.15) is 0 Å². The molecule has 2 amide bonds. The van der Waals surface area contributed by atoms with E-state index in [2.05, 4.69) is 0 Å². The molecule has 3 heterocycles. The highest BCUT2D eigenvalue weighted by atomic mass is 35.5. The van der Waals surface area contributed by atoms with Crippen LogP contribution in [-0.4, -0.2) is 32.6 Å². The molecule has 0 saturated heterocycles. The van der Waals surface area contributed by atoms with Crippen molar-refractivity contribution in [3.63, 3.8) is 0 Å². The highest BCUT2D eigenvalue weighted by molar-refractivity contribution is 7.17. The predicted molar refractivity (Wildman–Crippen MR) is 95.7 cm³/mol. The van der Waals surface area contributed by atoms with E-state index in [9.17, 15) is 14.7 Å². The summed E-state index contributed by atoms with van der Waals surface area (Å²) in [4.78, 5) is 25.5. The number of hydrogen-bond acceptors (Lipinski definition) is 4. The molecule has 1 unspecified atom stereocenters. The van der Waals surface area contributed by atoms with Crippen LogP contribution in [0.25, 0.3) is 10.1 Å². The summed E-state index contributed by atoms with van der Waals surface area (Å²) in [6, 6.07) is 7.08. The molecule has 6 nitrogen and oxygen atoms in total. The van der Waals surface area contributed by atoms with Gasteiger partial charge in [-0.25, -0.2) is 0 Å². The molecule has 128 valence electrons. The van der Waals surface area contributed by atoms with Gasteiger partial charge in [0.1, 0.15) is 11.9 Å². The summed E-state index contributed by atoms with van der Waals surface area (Å²) in [6.07, 6.45) is 0.512. The molecule has 0 bridgehead atoms. The first-order chi connectivity index (χ1) is 11.9. The van der Waals surface area contributed by atoms with E-state index in [1.807, 2.05) is 23.6 Å². The number of aliphatic hydroxyl groups is 1. The third-order valence-electron chi connectivity index (χ3n) is 4.34. The topological polar surface area (TPSA) is 88.6 Å². The lowest BCUT2D eigenvalue weighted by molar-refractivity contribution is -0.0150. The Bertz CT molecular complexity index is 1010. The van der Waals surface area contributed by atoms with E-state index in [1.165, 1.54) is 17.2 Å². The van der Waals surface area contributed by atoms with Gasteiger partial charge >= 0.3 is 0 Å². The molecule has 1 atom stereocenters. The number of nitrogens with two attached hydrogens (primary N) is 1. The summed E-state index contributed by atoms with van der Waals surface area (Å²) in [5, 5.41) is 14.0. The summed E-state index contributed by atoms with van der Waals surface area (Å²) in [5.74, 6) is -0.943. The van der Waals surface area contributed by atoms with E-state index in [1.54, 1.807) is 15.9 Å². The highest BCUT2D eigenvalue weighted by Crippen LogP contribution is 2.31. The second kappa shape index (κ2) is 5.87. The van der Waals surface area contributed by atoms with E-state index in [0.717, 1.165) is 15.6 Å². The van der Waals surface area contributed by atoms with Crippen LogP contribution in [0.2, 0.25) is 5.02 Å². The third kappa shape index (κ3) is 2.70. The Kier molecular flexibility index (Phi) is 3.79. The van der Waals surface area contributed by atoms with Crippen LogP contribution in [0.15, 0.2) is 35.8 Å². The van der Waals surface area contributed by atoms with Crippen molar-refractivity contribution in [3.05, 3.63) is 57.7 Å². The molecular formula is C17H14ClN3O3S. The van der Waals surface area contributed by atoms with E-state index in [0.29, 0.717) is 10.7 Å². The summed E-state index contributed by atoms with van der Waals surface area (Å²) in [7, 11) is 0. The first kappa shape index (κ1) is 16.1. The fourth-order valence-corrected chi connectivity index (χ4v) is 4.18. The summed E-state index contributed by atoms with van der Waals surface area (Å²) >= 11 is 7.64. The molecule has 3 N–H and O–H groups in total. The lowest BCUT2D eigenvalue weighted by Crippen LogP contribution is -2.47. The number of halogens is 1. The zero-order chi connectivity index (χ0) is 17.7. The second-order valence-corrected chi connectivity index (χ2v) is 7.29. The average molecular weight is 376 g/mol. The van der Waals surface area contributed by atoms with Gasteiger partial charge in [0.25, 0.3) is 5.91 Å². The highest BCUT2D eigenvalue weighted by Gasteiger charge is 2.32.